The molecule has 0 amide bonds. The zero-order chi connectivity index (χ0) is 18.4. The van der Waals surface area contributed by atoms with Crippen molar-refractivity contribution in [3.63, 3.8) is 0 Å². The minimum absolute atomic E-state index is 0.292. The first-order chi connectivity index (χ1) is 12.0. The van der Waals surface area contributed by atoms with Crippen molar-refractivity contribution >= 4 is 24.2 Å². The van der Waals surface area contributed by atoms with Gasteiger partial charge in [0.05, 0.1) is 18.8 Å². The van der Waals surface area contributed by atoms with E-state index in [9.17, 15) is 0 Å². The van der Waals surface area contributed by atoms with Crippen LogP contribution in [0.4, 0.5) is 4.39 Å². The molecule has 25 heavy (non-hydrogen) atoms. The van der Waals surface area contributed by atoms with Gasteiger partial charge in [0.1, 0.15) is 11.5 Å². The second kappa shape index (κ2) is 8.67. The van der Waals surface area contributed by atoms with Crippen LogP contribution in [0.2, 0.25) is 0 Å². The molecule has 0 saturated carbocycles. The van der Waals surface area contributed by atoms with Gasteiger partial charge in [0.15, 0.2) is 0 Å². The van der Waals surface area contributed by atoms with Crippen LogP contribution in [0.3, 0.4) is 0 Å². The van der Waals surface area contributed by atoms with E-state index < -0.39 is 5.67 Å². The Morgan fingerprint density at radius 2 is 2.24 bits per heavy atom. The fraction of sp³-hybridized carbons (Fsp3) is 0.556. The van der Waals surface area contributed by atoms with Crippen molar-refractivity contribution in [2.24, 2.45) is 9.98 Å². The van der Waals surface area contributed by atoms with E-state index in [2.05, 4.69) is 33.5 Å². The SMILES string of the molecule is C/C=C\C(=N/C)C1=C2CC(F)(C/C(=C/C)NNC)CN2C(CS)=NC1. The molecule has 0 aromatic rings. The van der Waals surface area contributed by atoms with Crippen molar-refractivity contribution in [1.82, 2.24) is 15.8 Å². The standard InChI is InChI=1S/C18H28FN5S/c1-5-7-15(20-3)14-10-22-17(11-25)24-12-18(19,9-16(14)24)8-13(6-2)23-21-4/h5-7,21,23,25H,8-12H2,1-4H3/b7-5-,13-6-,20-15+. The summed E-state index contributed by atoms with van der Waals surface area (Å²) in [6, 6.07) is 0. The van der Waals surface area contributed by atoms with Crippen molar-refractivity contribution in [1.29, 1.82) is 0 Å². The van der Waals surface area contributed by atoms with E-state index in [1.807, 2.05) is 37.0 Å². The van der Waals surface area contributed by atoms with E-state index >= 15 is 4.39 Å². The zero-order valence-corrected chi connectivity index (χ0v) is 16.3. The number of hydrogen-bond donors (Lipinski definition) is 3. The maximum absolute atomic E-state index is 15.7. The number of amidine groups is 1. The molecule has 1 atom stereocenters. The van der Waals surface area contributed by atoms with Gasteiger partial charge >= 0.3 is 0 Å². The second-order valence-electron chi connectivity index (χ2n) is 6.20. The number of allylic oxidation sites excluding steroid dienone is 5. The van der Waals surface area contributed by atoms with Gasteiger partial charge in [-0.15, -0.1) is 0 Å². The zero-order valence-electron chi connectivity index (χ0n) is 15.4. The number of hydrogen-bond acceptors (Lipinski definition) is 6. The highest BCUT2D eigenvalue weighted by Crippen LogP contribution is 2.41. The Bertz CT molecular complexity index is 650. The topological polar surface area (TPSA) is 52.0 Å². The molecule has 2 aliphatic heterocycles. The van der Waals surface area contributed by atoms with Gasteiger partial charge in [0.25, 0.3) is 0 Å². The van der Waals surface area contributed by atoms with Crippen LogP contribution in [-0.4, -0.2) is 55.1 Å². The number of thiol groups is 1. The summed E-state index contributed by atoms with van der Waals surface area (Å²) in [6.45, 7) is 4.68. The molecule has 5 nitrogen and oxygen atoms in total. The lowest BCUT2D eigenvalue weighted by Gasteiger charge is -2.28. The summed E-state index contributed by atoms with van der Waals surface area (Å²) in [5.74, 6) is 1.33. The fourth-order valence-corrected chi connectivity index (χ4v) is 3.64. The van der Waals surface area contributed by atoms with Gasteiger partial charge in [0.2, 0.25) is 0 Å². The number of halogens is 1. The highest BCUT2D eigenvalue weighted by atomic mass is 32.1. The minimum atomic E-state index is -1.35. The third-order valence-corrected chi connectivity index (χ3v) is 4.77. The molecular formula is C18H28FN5S. The van der Waals surface area contributed by atoms with Crippen molar-refractivity contribution in [2.45, 2.75) is 32.4 Å². The van der Waals surface area contributed by atoms with Gasteiger partial charge in [-0.25, -0.2) is 9.82 Å². The average molecular weight is 366 g/mol. The normalized spacial score (nSPS) is 24.9. The van der Waals surface area contributed by atoms with E-state index in [1.165, 1.54) is 0 Å². The van der Waals surface area contributed by atoms with Crippen molar-refractivity contribution in [2.75, 3.05) is 32.9 Å². The number of fused-ring (bicyclic) bond motifs is 1. The predicted octanol–water partition coefficient (Wildman–Crippen LogP) is 2.66. The molecule has 2 N–H and O–H groups in total. The molecule has 0 aromatic heterocycles. The predicted molar refractivity (Wildman–Crippen MR) is 107 cm³/mol. The molecule has 0 radical (unpaired) electrons. The number of nitrogens with one attached hydrogen (secondary N) is 2. The maximum atomic E-state index is 15.7. The van der Waals surface area contributed by atoms with Crippen LogP contribution in [0.25, 0.3) is 0 Å². The van der Waals surface area contributed by atoms with E-state index in [0.717, 1.165) is 28.5 Å². The molecule has 0 spiro atoms. The Kier molecular flexibility index (Phi) is 6.84. The number of nitrogens with zero attached hydrogens (tertiary/aromatic N) is 3. The van der Waals surface area contributed by atoms with Crippen molar-refractivity contribution < 1.29 is 4.39 Å². The van der Waals surface area contributed by atoms with Gasteiger partial charge < -0.3 is 10.3 Å². The summed E-state index contributed by atoms with van der Waals surface area (Å²) in [5, 5.41) is 0. The van der Waals surface area contributed by atoms with Gasteiger partial charge in [-0.1, -0.05) is 12.2 Å². The Morgan fingerprint density at radius 1 is 1.48 bits per heavy atom. The van der Waals surface area contributed by atoms with Crippen LogP contribution in [0.5, 0.6) is 0 Å². The van der Waals surface area contributed by atoms with Crippen LogP contribution in [-0.2, 0) is 0 Å². The lowest BCUT2D eigenvalue weighted by molar-refractivity contribution is 0.176. The molecule has 0 bridgehead atoms. The highest BCUT2D eigenvalue weighted by molar-refractivity contribution is 7.81. The van der Waals surface area contributed by atoms with Crippen LogP contribution >= 0.6 is 12.6 Å². The molecule has 1 saturated heterocycles. The smallest absolute Gasteiger partial charge is 0.139 e. The van der Waals surface area contributed by atoms with E-state index in [1.54, 1.807) is 14.1 Å². The Balaban J connectivity index is 2.37. The van der Waals surface area contributed by atoms with Crippen molar-refractivity contribution in [3.8, 4) is 0 Å². The van der Waals surface area contributed by atoms with E-state index in [-0.39, 0.29) is 0 Å². The number of rotatable bonds is 7. The first-order valence-corrected chi connectivity index (χ1v) is 9.15. The minimum Gasteiger partial charge on any atom is -0.329 e. The average Bonchev–Trinajstić information content (AvgIpc) is 2.95. The van der Waals surface area contributed by atoms with Gasteiger partial charge in [-0.3, -0.25) is 9.98 Å². The first-order valence-electron chi connectivity index (χ1n) is 8.52. The number of aliphatic imine (C=N–C) groups is 2. The number of alkyl halides is 1. The maximum Gasteiger partial charge on any atom is 0.139 e. The largest absolute Gasteiger partial charge is 0.329 e. The monoisotopic (exact) mass is 365 g/mol. The summed E-state index contributed by atoms with van der Waals surface area (Å²) in [6.07, 6.45) is 6.48. The molecule has 0 aromatic carbocycles. The molecule has 2 heterocycles. The highest BCUT2D eigenvalue weighted by Gasteiger charge is 2.45. The molecule has 2 aliphatic rings. The summed E-state index contributed by atoms with van der Waals surface area (Å²) in [7, 11) is 3.54. The first kappa shape index (κ1) is 19.7. The van der Waals surface area contributed by atoms with Crippen molar-refractivity contribution in [3.05, 3.63) is 35.2 Å². The van der Waals surface area contributed by atoms with E-state index in [0.29, 0.717) is 31.7 Å². The molecule has 2 rings (SSSR count). The lowest BCUT2D eigenvalue weighted by Crippen LogP contribution is -2.38. The molecular weight excluding hydrogens is 337 g/mol. The van der Waals surface area contributed by atoms with Gasteiger partial charge in [-0.2, -0.15) is 12.6 Å². The van der Waals surface area contributed by atoms with Crippen LogP contribution < -0.4 is 10.9 Å². The third kappa shape index (κ3) is 4.33. The number of hydrazine groups is 1. The Hall–Kier alpha value is -1.60. The Labute approximate surface area is 155 Å². The lowest BCUT2D eigenvalue weighted by atomic mass is 9.95. The van der Waals surface area contributed by atoms with Crippen LogP contribution in [0.1, 0.15) is 26.7 Å². The second-order valence-corrected chi connectivity index (χ2v) is 6.52. The third-order valence-electron chi connectivity index (χ3n) is 4.49. The molecule has 7 heteroatoms. The van der Waals surface area contributed by atoms with Crippen LogP contribution in [0, 0.1) is 0 Å². The summed E-state index contributed by atoms with van der Waals surface area (Å²) >= 11 is 4.37. The van der Waals surface area contributed by atoms with Gasteiger partial charge in [-0.05, 0) is 19.9 Å². The molecule has 0 aliphatic carbocycles. The summed E-state index contributed by atoms with van der Waals surface area (Å²) < 4.78 is 15.7. The van der Waals surface area contributed by atoms with Crippen LogP contribution in [0.15, 0.2) is 45.2 Å². The fourth-order valence-electron chi connectivity index (χ4n) is 3.36. The molecule has 1 unspecified atom stereocenters. The van der Waals surface area contributed by atoms with E-state index in [4.69, 9.17) is 0 Å². The Morgan fingerprint density at radius 3 is 2.80 bits per heavy atom. The van der Waals surface area contributed by atoms with Gasteiger partial charge in [0, 0.05) is 49.7 Å². The quantitative estimate of drug-likeness (QED) is 0.369. The summed E-state index contributed by atoms with van der Waals surface area (Å²) in [4.78, 5) is 11.0. The summed E-state index contributed by atoms with van der Waals surface area (Å²) in [5.41, 5.74) is 8.24. The molecule has 1 fully saturated rings. The molecule has 138 valence electrons.